The molecule has 0 spiro atoms. The van der Waals surface area contributed by atoms with Crippen molar-refractivity contribution in [1.82, 2.24) is 116 Å². The minimum absolute atomic E-state index is 0.0332. The van der Waals surface area contributed by atoms with Gasteiger partial charge in [-0.1, -0.05) is 125 Å². The Balaban J connectivity index is 0.000000128. The van der Waals surface area contributed by atoms with Gasteiger partial charge in [0.15, 0.2) is 11.5 Å². The van der Waals surface area contributed by atoms with Gasteiger partial charge in [0.05, 0.1) is 31.1 Å². The monoisotopic (exact) mass is 1950 g/mol. The van der Waals surface area contributed by atoms with Crippen molar-refractivity contribution < 1.29 is 51.0 Å². The van der Waals surface area contributed by atoms with E-state index in [0.29, 0.717) is 119 Å². The van der Waals surface area contributed by atoms with Crippen LogP contribution in [0.4, 0.5) is 0 Å². The lowest BCUT2D eigenvalue weighted by Crippen LogP contribution is -2.16. The van der Waals surface area contributed by atoms with Gasteiger partial charge in [0.1, 0.15) is 17.2 Å². The number of aromatic hydroxyl groups is 1. The number of aryl methyl sites for hydroxylation is 9. The average molecular weight is 1950 g/mol. The fourth-order valence-corrected chi connectivity index (χ4v) is 14.4. The molecule has 34 heteroatoms. The van der Waals surface area contributed by atoms with E-state index in [0.717, 1.165) is 113 Å². The lowest BCUT2D eigenvalue weighted by atomic mass is 9.79. The number of nitrogens with zero attached hydrogens (tertiary/aromatic N) is 23. The van der Waals surface area contributed by atoms with Crippen LogP contribution in [0.2, 0.25) is 0 Å². The molecule has 0 bridgehead atoms. The van der Waals surface area contributed by atoms with Crippen LogP contribution in [0.1, 0.15) is 125 Å². The van der Waals surface area contributed by atoms with E-state index >= 15 is 0 Å². The molecular formula is C112H109N23O11. The molecular weight excluding hydrogens is 1840 g/mol. The molecule has 0 atom stereocenters. The second-order valence-electron chi connectivity index (χ2n) is 35.6. The van der Waals surface area contributed by atoms with Gasteiger partial charge in [0.25, 0.3) is 41.2 Å². The van der Waals surface area contributed by atoms with Crippen LogP contribution in [0.25, 0.3) is 160 Å². The molecule has 21 rings (SSSR count). The van der Waals surface area contributed by atoms with E-state index in [9.17, 15) is 5.11 Å². The quantitative estimate of drug-likeness (QED) is 0.0698. The van der Waals surface area contributed by atoms with Crippen molar-refractivity contribution in [2.75, 3.05) is 19.8 Å². The molecule has 34 nitrogen and oxygen atoms in total. The lowest BCUT2D eigenvalue weighted by molar-refractivity contribution is 0.288. The number of aromatic nitrogens is 23. The van der Waals surface area contributed by atoms with Gasteiger partial charge < -0.3 is 51.0 Å². The van der Waals surface area contributed by atoms with Gasteiger partial charge in [0, 0.05) is 166 Å². The van der Waals surface area contributed by atoms with Gasteiger partial charge in [-0.25, -0.2) is 0 Å². The molecule has 15 aromatic heterocycles. The maximum absolute atomic E-state index is 10.0. The van der Waals surface area contributed by atoms with Crippen LogP contribution >= 0.6 is 0 Å². The first-order chi connectivity index (χ1) is 70.6. The number of benzene rings is 6. The van der Waals surface area contributed by atoms with Gasteiger partial charge in [-0.2, -0.15) is 40.0 Å². The van der Waals surface area contributed by atoms with Gasteiger partial charge in [0.2, 0.25) is 40.8 Å². The Kier molecular flexibility index (Phi) is 33.5. The smallest absolute Gasteiger partial charge is 0.276 e. The van der Waals surface area contributed by atoms with Gasteiger partial charge in [-0.15, -0.1) is 0 Å². The lowest BCUT2D eigenvalue weighted by Gasteiger charge is -2.25. The Labute approximate surface area is 843 Å². The molecule has 0 aliphatic rings. The number of phenols is 1. The maximum atomic E-state index is 10.0. The van der Waals surface area contributed by atoms with Crippen molar-refractivity contribution in [2.45, 2.75) is 142 Å². The fourth-order valence-electron chi connectivity index (χ4n) is 14.4. The average Bonchev–Trinajstić information content (AvgIpc) is 1.00. The first kappa shape index (κ1) is 102. The fraction of sp³-hybridized carbons (Fsp3) is 0.214. The summed E-state index contributed by atoms with van der Waals surface area (Å²) in [5.74, 6) is 9.08. The third kappa shape index (κ3) is 26.9. The van der Waals surface area contributed by atoms with E-state index in [1.165, 1.54) is 28.3 Å². The van der Waals surface area contributed by atoms with Gasteiger partial charge in [-0.3, -0.25) is 39.6 Å². The Morgan fingerprint density at radius 3 is 1.16 bits per heavy atom. The zero-order valence-corrected chi connectivity index (χ0v) is 84.2. The molecule has 146 heavy (non-hydrogen) atoms. The molecule has 15 heterocycles. The predicted molar refractivity (Wildman–Crippen MR) is 553 cm³/mol. The van der Waals surface area contributed by atoms with Crippen LogP contribution < -0.4 is 14.2 Å². The summed E-state index contributed by atoms with van der Waals surface area (Å²) in [6.07, 6.45) is 24.1. The third-order valence-corrected chi connectivity index (χ3v) is 22.2. The van der Waals surface area contributed by atoms with E-state index in [1.54, 1.807) is 111 Å². The standard InChI is InChI=1S/C21H25N3O.C18H19N3O3.C16H15N3O.C15H13N3O3.C15H13N3O.C14H11N3O.C13H13N5O/c1-20(2,3)16-11-15(12-17(13-16)21(4,5)6)19-23-18(24-25-19)14-7-9-22-10-8-14;1-4-22-15-7-6-13(9-16(15)23-5-2)18-20-17(21-24-18)14-8-12(3)10-19-11-14;1-10-4-5-13(8-11(10)2)16-18-15(19-20-16)14-6-7-17-9-12(14)3;1-2-20-11-3-4-12(13(19)9-11)15-17-14(18-21-15)10-5-7-16-8-6-10;1-10-4-3-5-12(6-10)15-17-14(18-19-15)13-7-11(2)8-16-9-13;1-10-4-2-5-11(8-10)14-16-13(17-18-14)12-6-3-7-15-9-12;1-3-18-11(8-9(2)16-18)13-15-12(17-19-13)10-4-6-14-7-5-10/h7-13H,1-6H3;6-11H,4-5H2,1-3H3;4-9H,1-3H3;3-9,19H,2H2,1H3;3-9H,1-2H3;2-9H,1H3;4-8H,3H2,1-2H3. The summed E-state index contributed by atoms with van der Waals surface area (Å²) >= 11 is 0. The summed E-state index contributed by atoms with van der Waals surface area (Å²) in [5, 5.41) is 42.5. The molecule has 0 radical (unpaired) electrons. The topological polar surface area (TPSA) is 428 Å². The molecule has 0 amide bonds. The molecule has 0 aliphatic carbocycles. The molecule has 1 N–H and O–H groups in total. The van der Waals surface area contributed by atoms with E-state index in [1.807, 2.05) is 207 Å². The Bertz CT molecular complexity index is 7750. The number of pyridine rings is 7. The highest BCUT2D eigenvalue weighted by Crippen LogP contribution is 2.39. The largest absolute Gasteiger partial charge is 0.507 e. The van der Waals surface area contributed by atoms with Gasteiger partial charge >= 0.3 is 0 Å². The first-order valence-corrected chi connectivity index (χ1v) is 47.1. The Hall–Kier alpha value is -18.2. The molecule has 0 saturated carbocycles. The van der Waals surface area contributed by atoms with Crippen LogP contribution in [-0.4, -0.2) is 141 Å². The second kappa shape index (κ2) is 47.8. The number of phenolic OH excluding ortho intramolecular Hbond substituents is 1. The Morgan fingerprint density at radius 2 is 0.692 bits per heavy atom. The summed E-state index contributed by atoms with van der Waals surface area (Å²) in [6.45, 7) is 39.6. The van der Waals surface area contributed by atoms with E-state index < -0.39 is 0 Å². The summed E-state index contributed by atoms with van der Waals surface area (Å²) in [5.41, 5.74) is 23.4. The van der Waals surface area contributed by atoms with Gasteiger partial charge in [-0.05, 0) is 285 Å². The normalized spacial score (nSPS) is 10.9. The summed E-state index contributed by atoms with van der Waals surface area (Å²) in [7, 11) is 0. The number of rotatable bonds is 21. The molecule has 21 aromatic rings. The molecule has 738 valence electrons. The van der Waals surface area contributed by atoms with E-state index in [-0.39, 0.29) is 22.5 Å². The molecule has 0 unspecified atom stereocenters. The first-order valence-electron chi connectivity index (χ1n) is 47.1. The van der Waals surface area contributed by atoms with Crippen molar-refractivity contribution >= 4 is 0 Å². The zero-order chi connectivity index (χ0) is 103. The predicted octanol–water partition coefficient (Wildman–Crippen LogP) is 24.8. The Morgan fingerprint density at radius 1 is 0.281 bits per heavy atom. The number of hydrogen-bond acceptors (Lipinski definition) is 33. The summed E-state index contributed by atoms with van der Waals surface area (Å²) < 4.78 is 55.8. The SMILES string of the molecule is CC(C)(C)c1cc(-c2nc(-c3ccncc3)no2)cc(C(C)(C)C)c1.CCOc1ccc(-c2nc(-c3ccncc3)no2)c(O)c1.CCOc1ccc(-c2nc(-c3cncc(C)c3)no2)cc1OCC.CCn1nc(C)cc1-c1nc(-c2ccncc2)no1.Cc1ccc(-c2nc(-c3ccncc3C)no2)cc1C.Cc1cccc(-c2nc(-c3cccnc3)no2)c1.Cc1cncc(-c2noc(-c3cccc(C)c3)n2)c1. The van der Waals surface area contributed by atoms with Crippen LogP contribution in [0.5, 0.6) is 23.0 Å². The van der Waals surface area contributed by atoms with Crippen LogP contribution in [0.3, 0.4) is 0 Å². The maximum Gasteiger partial charge on any atom is 0.276 e. The number of ether oxygens (including phenoxy) is 3. The molecule has 6 aromatic carbocycles. The molecule has 0 saturated heterocycles. The van der Waals surface area contributed by atoms with Crippen LogP contribution in [0.15, 0.2) is 313 Å². The van der Waals surface area contributed by atoms with Crippen molar-refractivity contribution in [1.29, 1.82) is 0 Å². The number of hydrogen-bond donors (Lipinski definition) is 1. The van der Waals surface area contributed by atoms with E-state index in [2.05, 4.69) is 197 Å². The highest BCUT2D eigenvalue weighted by Gasteiger charge is 2.26. The van der Waals surface area contributed by atoms with Crippen LogP contribution in [0, 0.1) is 55.4 Å². The second-order valence-corrected chi connectivity index (χ2v) is 35.6. The van der Waals surface area contributed by atoms with Crippen molar-refractivity contribution in [2.24, 2.45) is 0 Å². The molecule has 0 aliphatic heterocycles. The highest BCUT2D eigenvalue weighted by molar-refractivity contribution is 5.70. The zero-order valence-electron chi connectivity index (χ0n) is 84.2. The third-order valence-electron chi connectivity index (χ3n) is 22.2. The van der Waals surface area contributed by atoms with E-state index in [4.69, 9.17) is 45.9 Å². The highest BCUT2D eigenvalue weighted by atomic mass is 16.5. The van der Waals surface area contributed by atoms with Crippen molar-refractivity contribution in [3.63, 3.8) is 0 Å². The van der Waals surface area contributed by atoms with Crippen molar-refractivity contribution in [3.8, 4) is 183 Å². The van der Waals surface area contributed by atoms with Crippen LogP contribution in [-0.2, 0) is 17.4 Å². The minimum atomic E-state index is 0.0332. The summed E-state index contributed by atoms with van der Waals surface area (Å²) in [4.78, 5) is 59.3. The summed E-state index contributed by atoms with van der Waals surface area (Å²) in [6, 6.07) is 61.7. The van der Waals surface area contributed by atoms with Crippen molar-refractivity contribution in [3.05, 3.63) is 337 Å². The molecule has 0 fully saturated rings. The minimum Gasteiger partial charge on any atom is -0.507 e.